The van der Waals surface area contributed by atoms with Crippen molar-refractivity contribution in [2.45, 2.75) is 145 Å². The lowest BCUT2D eigenvalue weighted by atomic mass is 9.85. The van der Waals surface area contributed by atoms with Crippen LogP contribution in [0.4, 0.5) is 9.59 Å². The molecule has 6 N–H and O–H groups in total. The molecule has 0 bridgehead atoms. The smallest absolute Gasteiger partial charge is 0.408 e. The van der Waals surface area contributed by atoms with Gasteiger partial charge < -0.3 is 40.7 Å². The molecule has 60 heavy (non-hydrogen) atoms. The third kappa shape index (κ3) is 12.7. The number of hydrogen-bond donors (Lipinski definition) is 6. The van der Waals surface area contributed by atoms with Gasteiger partial charge in [-0.3, -0.25) is 9.59 Å². The van der Waals surface area contributed by atoms with Gasteiger partial charge in [-0.25, -0.2) is 19.6 Å². The van der Waals surface area contributed by atoms with Crippen molar-refractivity contribution in [3.8, 4) is 33.6 Å². The number of carbonyl (C=O) groups is 4. The predicted octanol–water partition coefficient (Wildman–Crippen LogP) is 9.15. The molecule has 14 nitrogen and oxygen atoms in total. The van der Waals surface area contributed by atoms with Gasteiger partial charge in [0.25, 0.3) is 0 Å². The van der Waals surface area contributed by atoms with E-state index in [1.54, 1.807) is 81.6 Å². The molecule has 0 radical (unpaired) electrons. The zero-order chi connectivity index (χ0) is 45.2. The first kappa shape index (κ1) is 47.0. The fraction of sp³-hybridized carbons (Fsp3) is 0.522. The standard InChI is InChI=1S/C46H66N8O6/c1-41(2,3)33(51-37(55)45(13,14)53-39(57)59-43(7,8)9)35-47-25-31(49-35)29-21-17-27(18-22-29)28-19-23-30(24-20-28)32-26-48-36(50-32)34(42(4,5)6)52-38(56)46(15,16)54-40(58)60-44(10,11)12/h17-26,33-34H,1-16H3,(H,47,49)(H,48,50)(H,51,55)(H,52,56)(H,53,57)(H,54,58)/t33-,34-/m1/s1. The Morgan fingerprint density at radius 3 is 1.03 bits per heavy atom. The van der Waals surface area contributed by atoms with E-state index in [2.05, 4.69) is 41.2 Å². The molecular weight excluding hydrogens is 761 g/mol. The topological polar surface area (TPSA) is 192 Å². The molecule has 4 aromatic rings. The number of amides is 4. The Balaban J connectivity index is 1.46. The maximum atomic E-state index is 13.5. The molecule has 0 aliphatic heterocycles. The molecule has 0 unspecified atom stereocenters. The van der Waals surface area contributed by atoms with Gasteiger partial charge in [-0.1, -0.05) is 90.1 Å². The molecule has 0 aliphatic rings. The monoisotopic (exact) mass is 827 g/mol. The highest BCUT2D eigenvalue weighted by molar-refractivity contribution is 5.90. The Morgan fingerprint density at radius 2 is 0.767 bits per heavy atom. The molecule has 2 aromatic carbocycles. The predicted molar refractivity (Wildman–Crippen MR) is 235 cm³/mol. The average molecular weight is 827 g/mol. The Bertz CT molecular complexity index is 1980. The normalized spacial score (nSPS) is 13.8. The molecule has 4 rings (SSSR count). The van der Waals surface area contributed by atoms with Crippen LogP contribution in [0.25, 0.3) is 33.6 Å². The molecular formula is C46H66N8O6. The van der Waals surface area contributed by atoms with E-state index in [0.29, 0.717) is 11.6 Å². The number of alkyl carbamates (subject to hydrolysis) is 2. The number of carbonyl (C=O) groups excluding carboxylic acids is 4. The van der Waals surface area contributed by atoms with Crippen LogP contribution in [0.5, 0.6) is 0 Å². The Kier molecular flexibility index (Phi) is 13.4. The summed E-state index contributed by atoms with van der Waals surface area (Å²) in [7, 11) is 0. The summed E-state index contributed by atoms with van der Waals surface area (Å²) in [4.78, 5) is 68.0. The molecule has 2 atom stereocenters. The van der Waals surface area contributed by atoms with Crippen LogP contribution < -0.4 is 21.3 Å². The molecule has 4 amide bonds. The number of H-pyrrole nitrogens is 2. The second kappa shape index (κ2) is 17.1. The molecule has 0 aliphatic carbocycles. The van der Waals surface area contributed by atoms with E-state index < -0.39 is 57.4 Å². The van der Waals surface area contributed by atoms with Crippen molar-refractivity contribution < 1.29 is 28.7 Å². The number of aromatic nitrogens is 4. The SMILES string of the molecule is CC(C)(C)OC(=O)NC(C)(C)C(=O)N[C@H](c1ncc(-c2ccc(-c3ccc(-c4cnc([C@@H](NC(=O)C(C)(C)NC(=O)OC(C)(C)C)C(C)(C)C)[nH]4)cc3)cc2)[nH]1)C(C)(C)C. The summed E-state index contributed by atoms with van der Waals surface area (Å²) in [5.41, 5.74) is 0.777. The van der Waals surface area contributed by atoms with Crippen molar-refractivity contribution in [1.29, 1.82) is 0 Å². The minimum absolute atomic E-state index is 0.372. The summed E-state index contributed by atoms with van der Waals surface area (Å²) < 4.78 is 10.7. The van der Waals surface area contributed by atoms with Gasteiger partial charge in [-0.05, 0) is 102 Å². The molecule has 0 fully saturated rings. The summed E-state index contributed by atoms with van der Waals surface area (Å²) >= 11 is 0. The van der Waals surface area contributed by atoms with Crippen molar-refractivity contribution in [2.75, 3.05) is 0 Å². The number of ether oxygens (including phenoxy) is 2. The Labute approximate surface area is 355 Å². The van der Waals surface area contributed by atoms with Gasteiger partial charge in [0, 0.05) is 0 Å². The van der Waals surface area contributed by atoms with Gasteiger partial charge in [0.1, 0.15) is 33.9 Å². The molecule has 0 saturated heterocycles. The van der Waals surface area contributed by atoms with Crippen LogP contribution >= 0.6 is 0 Å². The molecule has 326 valence electrons. The van der Waals surface area contributed by atoms with Gasteiger partial charge in [-0.2, -0.15) is 0 Å². The number of nitrogens with zero attached hydrogens (tertiary/aromatic N) is 2. The van der Waals surface area contributed by atoms with Crippen LogP contribution in [0, 0.1) is 10.8 Å². The van der Waals surface area contributed by atoms with Crippen LogP contribution in [0.2, 0.25) is 0 Å². The molecule has 14 heteroatoms. The number of hydrogen-bond acceptors (Lipinski definition) is 8. The highest BCUT2D eigenvalue weighted by Gasteiger charge is 2.39. The van der Waals surface area contributed by atoms with Crippen LogP contribution in [0.1, 0.15) is 135 Å². The third-order valence-electron chi connectivity index (χ3n) is 9.51. The maximum Gasteiger partial charge on any atom is 0.408 e. The second-order valence-electron chi connectivity index (χ2n) is 20.6. The van der Waals surface area contributed by atoms with E-state index in [1.165, 1.54) is 0 Å². The lowest BCUT2D eigenvalue weighted by Gasteiger charge is -2.34. The van der Waals surface area contributed by atoms with E-state index >= 15 is 0 Å². The largest absolute Gasteiger partial charge is 0.444 e. The summed E-state index contributed by atoms with van der Waals surface area (Å²) in [6.07, 6.45) is 2.16. The van der Waals surface area contributed by atoms with E-state index in [9.17, 15) is 19.2 Å². The minimum atomic E-state index is -1.24. The number of aromatic amines is 2. The van der Waals surface area contributed by atoms with E-state index in [4.69, 9.17) is 9.47 Å². The van der Waals surface area contributed by atoms with Crippen molar-refractivity contribution in [2.24, 2.45) is 10.8 Å². The van der Waals surface area contributed by atoms with Crippen LogP contribution in [0.15, 0.2) is 60.9 Å². The van der Waals surface area contributed by atoms with E-state index in [-0.39, 0.29) is 11.8 Å². The molecule has 2 aromatic heterocycles. The summed E-state index contributed by atoms with van der Waals surface area (Å²) in [6, 6.07) is 15.3. The van der Waals surface area contributed by atoms with E-state index in [1.807, 2.05) is 90.1 Å². The third-order valence-corrected chi connectivity index (χ3v) is 9.51. The second-order valence-corrected chi connectivity index (χ2v) is 20.6. The van der Waals surface area contributed by atoms with Gasteiger partial charge in [0.05, 0.1) is 35.9 Å². The van der Waals surface area contributed by atoms with Gasteiger partial charge in [0.15, 0.2) is 0 Å². The zero-order valence-corrected chi connectivity index (χ0v) is 38.3. The first-order valence-electron chi connectivity index (χ1n) is 20.3. The minimum Gasteiger partial charge on any atom is -0.444 e. The lowest BCUT2D eigenvalue weighted by Crippen LogP contribution is -2.57. The van der Waals surface area contributed by atoms with Crippen LogP contribution in [-0.2, 0) is 19.1 Å². The van der Waals surface area contributed by atoms with Crippen LogP contribution in [-0.4, -0.2) is 66.2 Å². The van der Waals surface area contributed by atoms with Crippen molar-refractivity contribution in [1.82, 2.24) is 41.2 Å². The molecule has 2 heterocycles. The maximum absolute atomic E-state index is 13.5. The lowest BCUT2D eigenvalue weighted by molar-refractivity contribution is -0.128. The highest BCUT2D eigenvalue weighted by atomic mass is 16.6. The number of benzene rings is 2. The van der Waals surface area contributed by atoms with Crippen molar-refractivity contribution in [3.63, 3.8) is 0 Å². The number of nitrogens with one attached hydrogen (secondary N) is 6. The first-order chi connectivity index (χ1) is 27.3. The van der Waals surface area contributed by atoms with Crippen molar-refractivity contribution in [3.05, 3.63) is 72.6 Å². The summed E-state index contributed by atoms with van der Waals surface area (Å²) in [5.74, 6) is 0.442. The first-order valence-corrected chi connectivity index (χ1v) is 20.3. The summed E-state index contributed by atoms with van der Waals surface area (Å²) in [6.45, 7) is 29.2. The number of imidazole rings is 2. The molecule has 0 spiro atoms. The summed E-state index contributed by atoms with van der Waals surface area (Å²) in [5, 5.41) is 11.5. The quantitative estimate of drug-likeness (QED) is 0.0862. The van der Waals surface area contributed by atoms with Gasteiger partial charge in [-0.15, -0.1) is 0 Å². The van der Waals surface area contributed by atoms with E-state index in [0.717, 1.165) is 33.6 Å². The van der Waals surface area contributed by atoms with Crippen LogP contribution in [0.3, 0.4) is 0 Å². The van der Waals surface area contributed by atoms with Crippen molar-refractivity contribution >= 4 is 24.0 Å². The Hall–Kier alpha value is -5.66. The average Bonchev–Trinajstić information content (AvgIpc) is 3.77. The van der Waals surface area contributed by atoms with Gasteiger partial charge >= 0.3 is 12.2 Å². The molecule has 0 saturated carbocycles. The van der Waals surface area contributed by atoms with Gasteiger partial charge in [0.2, 0.25) is 11.8 Å². The highest BCUT2D eigenvalue weighted by Crippen LogP contribution is 2.35. The zero-order valence-electron chi connectivity index (χ0n) is 38.3. The Morgan fingerprint density at radius 1 is 0.483 bits per heavy atom. The fourth-order valence-electron chi connectivity index (χ4n) is 6.19. The fourth-order valence-corrected chi connectivity index (χ4v) is 6.19. The number of rotatable bonds is 11.